The Morgan fingerprint density at radius 2 is 1.22 bits per heavy atom. The number of esters is 2. The number of carbonyl (C=O) groups is 2. The van der Waals surface area contributed by atoms with Crippen molar-refractivity contribution in [3.8, 4) is 0 Å². The molecule has 0 aromatic heterocycles. The van der Waals surface area contributed by atoms with E-state index in [9.17, 15) is 9.59 Å². The van der Waals surface area contributed by atoms with E-state index in [1.807, 2.05) is 11.8 Å². The van der Waals surface area contributed by atoms with Gasteiger partial charge in [0.15, 0.2) is 0 Å². The second-order valence-corrected chi connectivity index (χ2v) is 9.98. The molecule has 0 aromatic rings. The van der Waals surface area contributed by atoms with Crippen LogP contribution in [0.15, 0.2) is 0 Å². The van der Waals surface area contributed by atoms with E-state index in [0.29, 0.717) is 0 Å². The van der Waals surface area contributed by atoms with Gasteiger partial charge in [-0.2, -0.15) is 18.0 Å². The summed E-state index contributed by atoms with van der Waals surface area (Å²) in [5.41, 5.74) is -0.249. The van der Waals surface area contributed by atoms with E-state index < -0.39 is 0 Å². The summed E-state index contributed by atoms with van der Waals surface area (Å²) in [4.78, 5) is 23.4. The van der Waals surface area contributed by atoms with Crippen molar-refractivity contribution in [2.75, 3.05) is 37.8 Å². The zero-order chi connectivity index (χ0) is 22.9. The number of carbonyl (C=O) groups excluding carboxylic acids is 2. The Morgan fingerprint density at radius 3 is 1.53 bits per heavy atom. The van der Waals surface area contributed by atoms with Gasteiger partial charge in [-0.05, 0) is 63.4 Å². The van der Waals surface area contributed by atoms with Crippen molar-refractivity contribution in [2.45, 2.75) is 90.9 Å². The van der Waals surface area contributed by atoms with Crippen LogP contribution < -0.4 is 29.6 Å². The number of methoxy groups -OCH3 is 2. The van der Waals surface area contributed by atoms with E-state index in [2.05, 4.69) is 34.8 Å². The van der Waals surface area contributed by atoms with Crippen molar-refractivity contribution in [1.82, 2.24) is 0 Å². The van der Waals surface area contributed by atoms with Crippen LogP contribution in [-0.2, 0) is 31.7 Å². The van der Waals surface area contributed by atoms with Crippen LogP contribution in [0.2, 0.25) is 0 Å². The van der Waals surface area contributed by atoms with Gasteiger partial charge in [-0.25, -0.2) is 0 Å². The van der Waals surface area contributed by atoms with Crippen LogP contribution in [0, 0.1) is 10.8 Å². The van der Waals surface area contributed by atoms with Crippen molar-refractivity contribution in [3.63, 3.8) is 0 Å². The van der Waals surface area contributed by atoms with Gasteiger partial charge >= 0.3 is 41.5 Å². The predicted octanol–water partition coefficient (Wildman–Crippen LogP) is 3.95. The third kappa shape index (κ3) is 12.7. The number of alkyl halides is 1. The van der Waals surface area contributed by atoms with E-state index in [1.165, 1.54) is 39.9 Å². The maximum Gasteiger partial charge on any atom is 1.00 e. The van der Waals surface area contributed by atoms with Crippen molar-refractivity contribution in [1.29, 1.82) is 0 Å². The summed E-state index contributed by atoms with van der Waals surface area (Å²) in [5, 5.41) is 1.03. The van der Waals surface area contributed by atoms with Crippen molar-refractivity contribution in [3.05, 3.63) is 0 Å². The smallest absolute Gasteiger partial charge is 0.796 e. The Labute approximate surface area is 238 Å². The fourth-order valence-corrected chi connectivity index (χ4v) is 5.59. The molecule has 0 bridgehead atoms. The van der Waals surface area contributed by atoms with Gasteiger partial charge in [-0.15, -0.1) is 0 Å². The molecule has 2 fully saturated rings. The normalized spacial score (nSPS) is 17.3. The summed E-state index contributed by atoms with van der Waals surface area (Å²) in [6, 6.07) is 0. The number of thioether (sulfide) groups is 1. The van der Waals surface area contributed by atoms with Crippen molar-refractivity contribution in [2.24, 2.45) is 10.8 Å². The van der Waals surface area contributed by atoms with Gasteiger partial charge in [0.05, 0.1) is 25.0 Å². The minimum absolute atomic E-state index is 0. The summed E-state index contributed by atoms with van der Waals surface area (Å²) in [6.45, 7) is 0. The van der Waals surface area contributed by atoms with Crippen molar-refractivity contribution < 1.29 is 48.6 Å². The summed E-state index contributed by atoms with van der Waals surface area (Å²) >= 11 is 9.35. The Bertz CT molecular complexity index is 427. The molecular formula is C24H46BrNaO4S2. The van der Waals surface area contributed by atoms with Crippen LogP contribution >= 0.6 is 27.7 Å². The molecule has 0 aromatic carbocycles. The summed E-state index contributed by atoms with van der Waals surface area (Å²) < 4.78 is 9.84. The number of hydrogen-bond acceptors (Lipinski definition) is 6. The first-order chi connectivity index (χ1) is 14.5. The van der Waals surface area contributed by atoms with Gasteiger partial charge in [-0.3, -0.25) is 9.59 Å². The largest absolute Gasteiger partial charge is 1.00 e. The number of unbranched alkanes of at least 4 members (excludes halogenated alkanes) is 1. The molecule has 0 amide bonds. The predicted molar refractivity (Wildman–Crippen MR) is 141 cm³/mol. The summed E-state index contributed by atoms with van der Waals surface area (Å²) in [5.74, 6) is 1.19. The second kappa shape index (κ2) is 22.6. The average Bonchev–Trinajstić information content (AvgIpc) is 3.46. The monoisotopic (exact) mass is 564 g/mol. The van der Waals surface area contributed by atoms with Gasteiger partial charge in [0, 0.05) is 5.33 Å². The molecule has 0 unspecified atom stereocenters. The molecule has 186 valence electrons. The van der Waals surface area contributed by atoms with Crippen LogP contribution in [0.1, 0.15) is 90.9 Å². The zero-order valence-corrected chi connectivity index (χ0v) is 25.7. The standard InChI is InChI=1S/C11H19BrO2.C11H20O2S.CH4S.CH4.Na/c1-14-10(13)11(6-2-3-7-11)8-4-5-9-12;1-13-10(12)11(6-3-4-7-11)8-5-9-14-2;1-2;;/h2-9H2,1H3;3-9H2,1-2H3;2H,1H3;1H4;/q;;;;+1/p-1. The molecule has 2 aliphatic rings. The molecule has 2 rings (SSSR count). The molecule has 2 saturated carbocycles. The third-order valence-corrected chi connectivity index (χ3v) is 7.66. The zero-order valence-electron chi connectivity index (χ0n) is 20.4. The van der Waals surface area contributed by atoms with Crippen LogP contribution in [0.4, 0.5) is 0 Å². The Balaban J connectivity index is -0.000000461. The topological polar surface area (TPSA) is 52.6 Å². The first kappa shape index (κ1) is 37.7. The molecule has 0 atom stereocenters. The van der Waals surface area contributed by atoms with E-state index in [-0.39, 0.29) is 59.8 Å². The maximum absolute atomic E-state index is 11.7. The Hall–Kier alpha value is 1.12. The average molecular weight is 566 g/mol. The second-order valence-electron chi connectivity index (χ2n) is 8.20. The van der Waals surface area contributed by atoms with Gasteiger partial charge in [0.1, 0.15) is 0 Å². The van der Waals surface area contributed by atoms with Crippen LogP contribution in [0.25, 0.3) is 0 Å². The van der Waals surface area contributed by atoms with Crippen LogP contribution in [0.5, 0.6) is 0 Å². The molecule has 4 nitrogen and oxygen atoms in total. The molecule has 0 saturated heterocycles. The fraction of sp³-hybridized carbons (Fsp3) is 0.917. The first-order valence-corrected chi connectivity index (χ1v) is 14.5. The van der Waals surface area contributed by atoms with Gasteiger partial charge < -0.3 is 22.1 Å². The Kier molecular flexibility index (Phi) is 26.6. The number of halogens is 1. The minimum atomic E-state index is -0.128. The molecule has 0 aliphatic heterocycles. The number of rotatable bonds is 10. The third-order valence-electron chi connectivity index (χ3n) is 6.40. The number of ether oxygens (including phenoxy) is 2. The first-order valence-electron chi connectivity index (χ1n) is 11.1. The maximum atomic E-state index is 11.7. The molecular weight excluding hydrogens is 519 g/mol. The van der Waals surface area contributed by atoms with E-state index in [0.717, 1.165) is 68.9 Å². The number of hydrogen-bond donors (Lipinski definition) is 0. The van der Waals surface area contributed by atoms with Crippen LogP contribution in [0.3, 0.4) is 0 Å². The molecule has 0 radical (unpaired) electrons. The van der Waals surface area contributed by atoms with Gasteiger partial charge in [0.2, 0.25) is 0 Å². The SMILES string of the molecule is C.COC(=O)C1(CCCCBr)CCCC1.COC(=O)C1(CCCSC)CCCC1.C[S-].[Na+]. The van der Waals surface area contributed by atoms with E-state index in [4.69, 9.17) is 9.47 Å². The van der Waals surface area contributed by atoms with Gasteiger partial charge in [-0.1, -0.05) is 55.5 Å². The molecule has 2 aliphatic carbocycles. The van der Waals surface area contributed by atoms with Crippen molar-refractivity contribution >= 4 is 52.3 Å². The molecule has 0 N–H and O–H groups in total. The minimum Gasteiger partial charge on any atom is -0.796 e. The van der Waals surface area contributed by atoms with Gasteiger partial charge in [0.25, 0.3) is 0 Å². The molecule has 8 heteroatoms. The Morgan fingerprint density at radius 1 is 0.844 bits per heavy atom. The molecule has 32 heavy (non-hydrogen) atoms. The summed E-state index contributed by atoms with van der Waals surface area (Å²) in [6.07, 6.45) is 18.0. The quantitative estimate of drug-likeness (QED) is 0.132. The molecule has 0 spiro atoms. The fourth-order valence-electron chi connectivity index (χ4n) is 4.76. The summed E-state index contributed by atoms with van der Waals surface area (Å²) in [7, 11) is 3.02. The molecule has 0 heterocycles. The van der Waals surface area contributed by atoms with E-state index >= 15 is 0 Å². The van der Waals surface area contributed by atoms with E-state index in [1.54, 1.807) is 6.26 Å². The van der Waals surface area contributed by atoms with Crippen LogP contribution in [-0.4, -0.2) is 49.8 Å².